The second-order valence-corrected chi connectivity index (χ2v) is 7.37. The molecule has 1 amide bonds. The summed E-state index contributed by atoms with van der Waals surface area (Å²) in [5.74, 6) is 2.78. The van der Waals surface area contributed by atoms with E-state index in [4.69, 9.17) is 18.7 Å². The highest BCUT2D eigenvalue weighted by Gasteiger charge is 2.35. The fourth-order valence-corrected chi connectivity index (χ4v) is 3.84. The molecule has 32 heavy (non-hydrogen) atoms. The lowest BCUT2D eigenvalue weighted by molar-refractivity contribution is 0.0709. The number of methoxy groups -OCH3 is 1. The lowest BCUT2D eigenvalue weighted by Gasteiger charge is -2.22. The van der Waals surface area contributed by atoms with Crippen molar-refractivity contribution in [2.45, 2.75) is 32.7 Å². The quantitative estimate of drug-likeness (QED) is 0.512. The minimum atomic E-state index is -0.260. The summed E-state index contributed by atoms with van der Waals surface area (Å²) in [4.78, 5) is 19.7. The molecule has 0 spiro atoms. The van der Waals surface area contributed by atoms with Crippen LogP contribution in [0.1, 0.15) is 49.0 Å². The average molecular weight is 437 g/mol. The fraction of sp³-hybridized carbons (Fsp3) is 0.375. The molecular formula is C24H27N3O5. The maximum absolute atomic E-state index is 13.3. The number of rotatable bonds is 8. The molecule has 1 aromatic heterocycles. The van der Waals surface area contributed by atoms with E-state index < -0.39 is 0 Å². The van der Waals surface area contributed by atoms with Gasteiger partial charge in [0.2, 0.25) is 11.7 Å². The number of likely N-dealkylation sites (tertiary alicyclic amines) is 1. The number of hydrogen-bond acceptors (Lipinski definition) is 7. The van der Waals surface area contributed by atoms with Crippen LogP contribution in [-0.4, -0.2) is 47.8 Å². The molecule has 2 aromatic carbocycles. The van der Waals surface area contributed by atoms with E-state index in [0.717, 1.165) is 24.2 Å². The number of hydrogen-bond donors (Lipinski definition) is 0. The van der Waals surface area contributed by atoms with Gasteiger partial charge in [-0.15, -0.1) is 0 Å². The van der Waals surface area contributed by atoms with Gasteiger partial charge in [-0.3, -0.25) is 4.79 Å². The van der Waals surface area contributed by atoms with Crippen molar-refractivity contribution in [2.75, 3.05) is 26.9 Å². The lowest BCUT2D eigenvalue weighted by Crippen LogP contribution is -2.30. The van der Waals surface area contributed by atoms with E-state index in [1.54, 1.807) is 30.2 Å². The Balaban J connectivity index is 1.55. The number of carbonyl (C=O) groups is 1. The molecule has 1 saturated heterocycles. The molecule has 168 valence electrons. The van der Waals surface area contributed by atoms with E-state index in [-0.39, 0.29) is 11.9 Å². The topological polar surface area (TPSA) is 86.9 Å². The van der Waals surface area contributed by atoms with Crippen LogP contribution in [0.3, 0.4) is 0 Å². The number of amides is 1. The van der Waals surface area contributed by atoms with Crippen LogP contribution in [0.2, 0.25) is 0 Å². The molecule has 1 aliphatic heterocycles. The Morgan fingerprint density at radius 1 is 1.09 bits per heavy atom. The molecule has 0 N–H and O–H groups in total. The molecule has 0 bridgehead atoms. The molecule has 1 aliphatic rings. The Hall–Kier alpha value is -3.55. The Labute approximate surface area is 187 Å². The number of aromatic nitrogens is 2. The smallest absolute Gasteiger partial charge is 0.254 e. The SMILES string of the molecule is CCOc1ccc(C(=O)N2CCCC2c2nc(-c3ccc(OC)cc3)no2)cc1OCC. The standard InChI is InChI=1S/C24H27N3O5/c1-4-30-20-13-10-17(15-21(20)31-5-2)24(28)27-14-6-7-19(27)23-25-22(26-32-23)16-8-11-18(29-3)12-9-16/h8-13,15,19H,4-7,14H2,1-3H3. The maximum atomic E-state index is 13.3. The van der Waals surface area contributed by atoms with Crippen molar-refractivity contribution in [3.05, 3.63) is 53.9 Å². The maximum Gasteiger partial charge on any atom is 0.254 e. The summed E-state index contributed by atoms with van der Waals surface area (Å²) >= 11 is 0. The predicted octanol–water partition coefficient (Wildman–Crippen LogP) is 4.52. The number of ether oxygens (including phenoxy) is 3. The van der Waals surface area contributed by atoms with Crippen LogP contribution < -0.4 is 14.2 Å². The fourth-order valence-electron chi connectivity index (χ4n) is 3.84. The Kier molecular flexibility index (Phi) is 6.58. The van der Waals surface area contributed by atoms with Crippen LogP contribution in [0.5, 0.6) is 17.2 Å². The second-order valence-electron chi connectivity index (χ2n) is 7.37. The summed E-state index contributed by atoms with van der Waals surface area (Å²) in [6.45, 7) is 5.45. The first-order chi connectivity index (χ1) is 15.6. The van der Waals surface area contributed by atoms with Crippen molar-refractivity contribution < 1.29 is 23.5 Å². The monoisotopic (exact) mass is 437 g/mol. The molecule has 0 saturated carbocycles. The normalized spacial score (nSPS) is 15.6. The average Bonchev–Trinajstić information content (AvgIpc) is 3.50. The molecule has 0 aliphatic carbocycles. The van der Waals surface area contributed by atoms with Crippen LogP contribution in [0, 0.1) is 0 Å². The van der Waals surface area contributed by atoms with Crippen LogP contribution in [-0.2, 0) is 0 Å². The summed E-state index contributed by atoms with van der Waals surface area (Å²) < 4.78 is 22.0. The number of nitrogens with zero attached hydrogens (tertiary/aromatic N) is 3. The zero-order valence-electron chi connectivity index (χ0n) is 18.5. The van der Waals surface area contributed by atoms with Crippen LogP contribution >= 0.6 is 0 Å². The van der Waals surface area contributed by atoms with Crippen molar-refractivity contribution in [1.82, 2.24) is 15.0 Å². The third-order valence-corrected chi connectivity index (χ3v) is 5.38. The molecule has 1 fully saturated rings. The van der Waals surface area contributed by atoms with Gasteiger partial charge < -0.3 is 23.6 Å². The van der Waals surface area contributed by atoms with Gasteiger partial charge >= 0.3 is 0 Å². The minimum Gasteiger partial charge on any atom is -0.497 e. The minimum absolute atomic E-state index is 0.0966. The molecular weight excluding hydrogens is 410 g/mol. The number of carbonyl (C=O) groups excluding carboxylic acids is 1. The van der Waals surface area contributed by atoms with Gasteiger partial charge in [0.1, 0.15) is 11.8 Å². The van der Waals surface area contributed by atoms with Crippen molar-refractivity contribution >= 4 is 5.91 Å². The molecule has 8 nitrogen and oxygen atoms in total. The van der Waals surface area contributed by atoms with Gasteiger partial charge in [0.25, 0.3) is 5.91 Å². The zero-order valence-corrected chi connectivity index (χ0v) is 18.5. The van der Waals surface area contributed by atoms with Crippen molar-refractivity contribution in [3.63, 3.8) is 0 Å². The van der Waals surface area contributed by atoms with Crippen molar-refractivity contribution in [2.24, 2.45) is 0 Å². The molecule has 0 radical (unpaired) electrons. The first-order valence-corrected chi connectivity index (χ1v) is 10.8. The highest BCUT2D eigenvalue weighted by atomic mass is 16.5. The first-order valence-electron chi connectivity index (χ1n) is 10.8. The largest absolute Gasteiger partial charge is 0.497 e. The molecule has 1 unspecified atom stereocenters. The third kappa shape index (κ3) is 4.39. The summed E-state index contributed by atoms with van der Waals surface area (Å²) in [5.41, 5.74) is 1.36. The highest BCUT2D eigenvalue weighted by molar-refractivity contribution is 5.95. The van der Waals surface area contributed by atoms with Gasteiger partial charge in [-0.05, 0) is 69.2 Å². The van der Waals surface area contributed by atoms with Gasteiger partial charge in [0.15, 0.2) is 11.5 Å². The Morgan fingerprint density at radius 3 is 2.56 bits per heavy atom. The zero-order chi connectivity index (χ0) is 22.5. The van der Waals surface area contributed by atoms with Crippen molar-refractivity contribution in [1.29, 1.82) is 0 Å². The van der Waals surface area contributed by atoms with Gasteiger partial charge in [-0.1, -0.05) is 5.16 Å². The summed E-state index contributed by atoms with van der Waals surface area (Å²) in [7, 11) is 1.62. The van der Waals surface area contributed by atoms with Crippen molar-refractivity contribution in [3.8, 4) is 28.6 Å². The predicted molar refractivity (Wildman–Crippen MR) is 118 cm³/mol. The highest BCUT2D eigenvalue weighted by Crippen LogP contribution is 2.35. The van der Waals surface area contributed by atoms with E-state index in [2.05, 4.69) is 10.1 Å². The summed E-state index contributed by atoms with van der Waals surface area (Å²) in [6, 6.07) is 12.5. The number of benzene rings is 2. The van der Waals surface area contributed by atoms with Gasteiger partial charge in [-0.25, -0.2) is 0 Å². The van der Waals surface area contributed by atoms with E-state index in [1.165, 1.54) is 0 Å². The summed E-state index contributed by atoms with van der Waals surface area (Å²) in [5, 5.41) is 4.12. The molecule has 2 heterocycles. The van der Waals surface area contributed by atoms with E-state index in [1.807, 2.05) is 38.1 Å². The second kappa shape index (κ2) is 9.72. The van der Waals surface area contributed by atoms with Crippen LogP contribution in [0.4, 0.5) is 0 Å². The molecule has 4 rings (SSSR count). The van der Waals surface area contributed by atoms with Gasteiger partial charge in [0.05, 0.1) is 20.3 Å². The molecule has 3 aromatic rings. The van der Waals surface area contributed by atoms with E-state index in [0.29, 0.717) is 48.5 Å². The first kappa shape index (κ1) is 21.7. The summed E-state index contributed by atoms with van der Waals surface area (Å²) in [6.07, 6.45) is 1.64. The Morgan fingerprint density at radius 2 is 1.84 bits per heavy atom. The Bertz CT molecular complexity index is 1060. The molecule has 1 atom stereocenters. The third-order valence-electron chi connectivity index (χ3n) is 5.38. The lowest BCUT2D eigenvalue weighted by atomic mass is 10.1. The van der Waals surface area contributed by atoms with Crippen LogP contribution in [0.25, 0.3) is 11.4 Å². The van der Waals surface area contributed by atoms with Crippen LogP contribution in [0.15, 0.2) is 47.0 Å². The molecule has 8 heteroatoms. The van der Waals surface area contributed by atoms with E-state index >= 15 is 0 Å². The van der Waals surface area contributed by atoms with Gasteiger partial charge in [0, 0.05) is 17.7 Å². The van der Waals surface area contributed by atoms with Gasteiger partial charge in [-0.2, -0.15) is 4.98 Å². The van der Waals surface area contributed by atoms with E-state index in [9.17, 15) is 4.79 Å².